The van der Waals surface area contributed by atoms with E-state index in [9.17, 15) is 9.18 Å². The number of likely N-dealkylation sites (tertiary alicyclic amines) is 1. The molecule has 8 heteroatoms. The van der Waals surface area contributed by atoms with E-state index in [0.29, 0.717) is 30.5 Å². The van der Waals surface area contributed by atoms with Gasteiger partial charge in [0.25, 0.3) is 5.91 Å². The van der Waals surface area contributed by atoms with Gasteiger partial charge in [0, 0.05) is 19.0 Å². The van der Waals surface area contributed by atoms with Gasteiger partial charge in [0.2, 0.25) is 5.82 Å². The maximum atomic E-state index is 14.2. The number of halogens is 2. The number of benzene rings is 1. The zero-order valence-corrected chi connectivity index (χ0v) is 17.5. The topological polar surface area (TPSA) is 63.1 Å². The van der Waals surface area contributed by atoms with Crippen LogP contribution < -0.4 is 5.32 Å². The maximum Gasteiger partial charge on any atom is 0.293 e. The molecule has 154 valence electrons. The van der Waals surface area contributed by atoms with E-state index < -0.39 is 0 Å². The predicted molar refractivity (Wildman–Crippen MR) is 110 cm³/mol. The minimum absolute atomic E-state index is 0. The van der Waals surface area contributed by atoms with Gasteiger partial charge >= 0.3 is 0 Å². The van der Waals surface area contributed by atoms with Crippen LogP contribution in [0.1, 0.15) is 56.0 Å². The lowest BCUT2D eigenvalue weighted by molar-refractivity contribution is 0.0678. The van der Waals surface area contributed by atoms with Crippen LogP contribution in [0.15, 0.2) is 24.3 Å². The lowest BCUT2D eigenvalue weighted by Gasteiger charge is -2.31. The molecule has 1 saturated heterocycles. The van der Waals surface area contributed by atoms with Gasteiger partial charge in [-0.1, -0.05) is 32.9 Å². The van der Waals surface area contributed by atoms with Gasteiger partial charge in [0.05, 0.1) is 0 Å². The summed E-state index contributed by atoms with van der Waals surface area (Å²) in [6.07, 6.45) is 1.95. The standard InChI is InChI=1S/C20H28FN5O.ClH/c1-4-22-13-15-9-11-25(12-10-15)20(27)18-23-19(14(2)3)26(24-18)17-8-6-5-7-16(17)21;/h5-8,14-15,22H,4,9-13H2,1-3H3;1H. The normalized spacial score (nSPS) is 15.0. The van der Waals surface area contributed by atoms with Gasteiger partial charge in [-0.05, 0) is 44.0 Å². The number of carbonyl (C=O) groups excluding carboxylic acids is 1. The third-order valence-electron chi connectivity index (χ3n) is 5.01. The van der Waals surface area contributed by atoms with Gasteiger partial charge in [-0.25, -0.2) is 14.1 Å². The van der Waals surface area contributed by atoms with E-state index in [1.54, 1.807) is 18.2 Å². The molecular formula is C20H29ClFN5O. The van der Waals surface area contributed by atoms with Gasteiger partial charge in [0.1, 0.15) is 17.3 Å². The van der Waals surface area contributed by atoms with Crippen molar-refractivity contribution < 1.29 is 9.18 Å². The fraction of sp³-hybridized carbons (Fsp3) is 0.550. The Balaban J connectivity index is 0.00000280. The molecular weight excluding hydrogens is 381 g/mol. The number of nitrogens with zero attached hydrogens (tertiary/aromatic N) is 4. The van der Waals surface area contributed by atoms with Crippen LogP contribution in [0, 0.1) is 11.7 Å². The number of piperidine rings is 1. The number of rotatable bonds is 6. The van der Waals surface area contributed by atoms with Crippen molar-refractivity contribution in [1.29, 1.82) is 0 Å². The molecule has 6 nitrogen and oxygen atoms in total. The van der Waals surface area contributed by atoms with Crippen molar-refractivity contribution >= 4 is 18.3 Å². The van der Waals surface area contributed by atoms with Crippen LogP contribution in [0.3, 0.4) is 0 Å². The Morgan fingerprint density at radius 1 is 1.29 bits per heavy atom. The summed E-state index contributed by atoms with van der Waals surface area (Å²) in [4.78, 5) is 19.2. The van der Waals surface area contributed by atoms with Crippen molar-refractivity contribution in [3.8, 4) is 5.69 Å². The van der Waals surface area contributed by atoms with Crippen molar-refractivity contribution in [1.82, 2.24) is 25.0 Å². The van der Waals surface area contributed by atoms with Crippen molar-refractivity contribution in [2.45, 2.75) is 39.5 Å². The van der Waals surface area contributed by atoms with Crippen LogP contribution in [0.25, 0.3) is 5.69 Å². The van der Waals surface area contributed by atoms with Crippen LogP contribution in [-0.4, -0.2) is 51.8 Å². The van der Waals surface area contributed by atoms with Gasteiger partial charge in [-0.15, -0.1) is 17.5 Å². The number of aromatic nitrogens is 3. The van der Waals surface area contributed by atoms with E-state index in [1.807, 2.05) is 18.7 Å². The maximum absolute atomic E-state index is 14.2. The molecule has 1 aromatic heterocycles. The van der Waals surface area contributed by atoms with Crippen molar-refractivity contribution in [3.05, 3.63) is 41.7 Å². The summed E-state index contributed by atoms with van der Waals surface area (Å²) in [7, 11) is 0. The summed E-state index contributed by atoms with van der Waals surface area (Å²) in [6.45, 7) is 9.40. The molecule has 0 saturated carbocycles. The third-order valence-corrected chi connectivity index (χ3v) is 5.01. The molecule has 1 aromatic carbocycles. The molecule has 28 heavy (non-hydrogen) atoms. The average molecular weight is 410 g/mol. The summed E-state index contributed by atoms with van der Waals surface area (Å²) >= 11 is 0. The van der Waals surface area contributed by atoms with Gasteiger partial charge < -0.3 is 10.2 Å². The van der Waals surface area contributed by atoms with E-state index in [-0.39, 0.29) is 35.9 Å². The Hall–Kier alpha value is -1.99. The van der Waals surface area contributed by atoms with Crippen molar-refractivity contribution in [3.63, 3.8) is 0 Å². The molecule has 1 fully saturated rings. The number of para-hydroxylation sites is 1. The highest BCUT2D eigenvalue weighted by Crippen LogP contribution is 2.22. The number of amides is 1. The molecule has 1 N–H and O–H groups in total. The number of carbonyl (C=O) groups is 1. The van der Waals surface area contributed by atoms with E-state index in [2.05, 4.69) is 22.3 Å². The Kier molecular flexibility index (Phi) is 7.95. The van der Waals surface area contributed by atoms with Crippen LogP contribution in [-0.2, 0) is 0 Å². The first-order valence-corrected chi connectivity index (χ1v) is 9.73. The number of hydrogen-bond acceptors (Lipinski definition) is 4. The second kappa shape index (κ2) is 9.98. The molecule has 3 rings (SSSR count). The SMILES string of the molecule is CCNCC1CCN(C(=O)c2nc(C(C)C)n(-c3ccccc3F)n2)CC1.Cl. The Morgan fingerprint density at radius 3 is 2.57 bits per heavy atom. The van der Waals surface area contributed by atoms with Crippen molar-refractivity contribution in [2.24, 2.45) is 5.92 Å². The Labute approximate surface area is 171 Å². The molecule has 0 spiro atoms. The quantitative estimate of drug-likeness (QED) is 0.794. The van der Waals surface area contributed by atoms with E-state index in [1.165, 1.54) is 10.7 Å². The molecule has 0 bridgehead atoms. The fourth-order valence-electron chi connectivity index (χ4n) is 3.42. The van der Waals surface area contributed by atoms with E-state index >= 15 is 0 Å². The zero-order chi connectivity index (χ0) is 19.4. The summed E-state index contributed by atoms with van der Waals surface area (Å²) in [6, 6.07) is 6.42. The highest BCUT2D eigenvalue weighted by molar-refractivity contribution is 5.90. The second-order valence-corrected chi connectivity index (χ2v) is 7.35. The highest BCUT2D eigenvalue weighted by Gasteiger charge is 2.28. The first-order valence-electron chi connectivity index (χ1n) is 9.73. The second-order valence-electron chi connectivity index (χ2n) is 7.35. The predicted octanol–water partition coefficient (Wildman–Crippen LogP) is 3.41. The monoisotopic (exact) mass is 409 g/mol. The average Bonchev–Trinajstić information content (AvgIpc) is 3.12. The summed E-state index contributed by atoms with van der Waals surface area (Å²) in [5.74, 6) is 0.799. The summed E-state index contributed by atoms with van der Waals surface area (Å²) in [5.41, 5.74) is 0.317. The largest absolute Gasteiger partial charge is 0.336 e. The zero-order valence-electron chi connectivity index (χ0n) is 16.7. The van der Waals surface area contributed by atoms with E-state index in [0.717, 1.165) is 25.9 Å². The smallest absolute Gasteiger partial charge is 0.293 e. The lowest BCUT2D eigenvalue weighted by atomic mass is 9.97. The summed E-state index contributed by atoms with van der Waals surface area (Å²) in [5, 5.41) is 7.74. The molecule has 0 radical (unpaired) electrons. The van der Waals surface area contributed by atoms with Crippen LogP contribution in [0.4, 0.5) is 4.39 Å². The number of nitrogens with one attached hydrogen (secondary N) is 1. The minimum atomic E-state index is -0.382. The molecule has 0 atom stereocenters. The van der Waals surface area contributed by atoms with Crippen molar-refractivity contribution in [2.75, 3.05) is 26.2 Å². The molecule has 1 aliphatic heterocycles. The minimum Gasteiger partial charge on any atom is -0.336 e. The van der Waals surface area contributed by atoms with Crippen LogP contribution in [0.5, 0.6) is 0 Å². The Bertz CT molecular complexity index is 787. The molecule has 1 aliphatic rings. The van der Waals surface area contributed by atoms with Gasteiger partial charge in [0.15, 0.2) is 0 Å². The summed E-state index contributed by atoms with van der Waals surface area (Å²) < 4.78 is 15.7. The molecule has 2 aromatic rings. The molecule has 0 aliphatic carbocycles. The first kappa shape index (κ1) is 22.3. The fourth-order valence-corrected chi connectivity index (χ4v) is 3.42. The van der Waals surface area contributed by atoms with Crippen LogP contribution >= 0.6 is 12.4 Å². The molecule has 2 heterocycles. The van der Waals surface area contributed by atoms with Crippen LogP contribution in [0.2, 0.25) is 0 Å². The Morgan fingerprint density at radius 2 is 1.96 bits per heavy atom. The molecule has 0 unspecified atom stereocenters. The highest BCUT2D eigenvalue weighted by atomic mass is 35.5. The first-order chi connectivity index (χ1) is 13.0. The third kappa shape index (κ3) is 4.89. The van der Waals surface area contributed by atoms with E-state index in [4.69, 9.17) is 0 Å². The van der Waals surface area contributed by atoms with Gasteiger partial charge in [-0.3, -0.25) is 4.79 Å². The lowest BCUT2D eigenvalue weighted by Crippen LogP contribution is -2.41. The number of hydrogen-bond donors (Lipinski definition) is 1. The molecule has 1 amide bonds. The van der Waals surface area contributed by atoms with Gasteiger partial charge in [-0.2, -0.15) is 0 Å².